The van der Waals surface area contributed by atoms with E-state index in [1.807, 2.05) is 6.07 Å². The molecule has 1 fully saturated rings. The maximum Gasteiger partial charge on any atom is 0.252 e. The van der Waals surface area contributed by atoms with Crippen molar-refractivity contribution in [1.29, 1.82) is 0 Å². The molecule has 0 radical (unpaired) electrons. The smallest absolute Gasteiger partial charge is 0.252 e. The Bertz CT molecular complexity index is 498. The summed E-state index contributed by atoms with van der Waals surface area (Å²) in [5.41, 5.74) is 0.738. The number of rotatable bonds is 1. The minimum Gasteiger partial charge on any atom is -0.272 e. The highest BCUT2D eigenvalue weighted by molar-refractivity contribution is 7.92. The van der Waals surface area contributed by atoms with Gasteiger partial charge in [-0.2, -0.15) is 0 Å². The Labute approximate surface area is 93.7 Å². The van der Waals surface area contributed by atoms with Gasteiger partial charge in [0.15, 0.2) is 9.84 Å². The molecule has 0 bridgehead atoms. The van der Waals surface area contributed by atoms with Crippen LogP contribution in [0.4, 0.5) is 0 Å². The summed E-state index contributed by atoms with van der Waals surface area (Å²) in [4.78, 5) is 11.4. The molecular formula is C10H12N2O3S. The third-order valence-corrected chi connectivity index (χ3v) is 4.07. The third-order valence-electron chi connectivity index (χ3n) is 2.56. The van der Waals surface area contributed by atoms with Gasteiger partial charge in [0.25, 0.3) is 5.91 Å². The standard InChI is InChI=1S/C10H12N2O3S/c11-12-9(8-4-2-1-3-5-8)6-16(14,15)7-10(12)13/h1-5,9H,6-7,11H2. The SMILES string of the molecule is NN1C(=O)CS(=O)(=O)CC1c1ccccc1. The maximum absolute atomic E-state index is 11.5. The molecule has 1 unspecified atom stereocenters. The summed E-state index contributed by atoms with van der Waals surface area (Å²) in [6, 6.07) is 8.34. The lowest BCUT2D eigenvalue weighted by Crippen LogP contribution is -2.50. The van der Waals surface area contributed by atoms with Crippen molar-refractivity contribution in [2.45, 2.75) is 6.04 Å². The van der Waals surface area contributed by atoms with E-state index in [4.69, 9.17) is 5.84 Å². The molecule has 0 aromatic heterocycles. The highest BCUT2D eigenvalue weighted by Gasteiger charge is 2.35. The minimum absolute atomic E-state index is 0.112. The van der Waals surface area contributed by atoms with Crippen LogP contribution >= 0.6 is 0 Å². The number of hydrogen-bond acceptors (Lipinski definition) is 4. The topological polar surface area (TPSA) is 80.5 Å². The highest BCUT2D eigenvalue weighted by atomic mass is 32.2. The van der Waals surface area contributed by atoms with Crippen molar-refractivity contribution in [2.75, 3.05) is 11.5 Å². The van der Waals surface area contributed by atoms with Crippen LogP contribution in [0, 0.1) is 0 Å². The van der Waals surface area contributed by atoms with Crippen LogP contribution in [-0.4, -0.2) is 30.8 Å². The lowest BCUT2D eigenvalue weighted by atomic mass is 10.1. The van der Waals surface area contributed by atoms with E-state index >= 15 is 0 Å². The average Bonchev–Trinajstić information content (AvgIpc) is 2.24. The van der Waals surface area contributed by atoms with Gasteiger partial charge in [-0.15, -0.1) is 0 Å². The second kappa shape index (κ2) is 3.88. The zero-order valence-electron chi connectivity index (χ0n) is 8.54. The molecule has 1 amide bonds. The van der Waals surface area contributed by atoms with Crippen LogP contribution in [0.15, 0.2) is 30.3 Å². The van der Waals surface area contributed by atoms with Crippen LogP contribution in [0.25, 0.3) is 0 Å². The molecule has 16 heavy (non-hydrogen) atoms. The van der Waals surface area contributed by atoms with Gasteiger partial charge in [0, 0.05) is 0 Å². The Kier molecular flexibility index (Phi) is 2.69. The number of carbonyl (C=O) groups excluding carboxylic acids is 1. The number of hydrazine groups is 1. The largest absolute Gasteiger partial charge is 0.272 e. The summed E-state index contributed by atoms with van der Waals surface area (Å²) in [5.74, 6) is 4.43. The average molecular weight is 240 g/mol. The van der Waals surface area contributed by atoms with E-state index in [0.29, 0.717) is 0 Å². The zero-order valence-corrected chi connectivity index (χ0v) is 9.35. The molecule has 1 saturated heterocycles. The van der Waals surface area contributed by atoms with Crippen molar-refractivity contribution in [3.05, 3.63) is 35.9 Å². The van der Waals surface area contributed by atoms with Crippen molar-refractivity contribution >= 4 is 15.7 Å². The van der Waals surface area contributed by atoms with E-state index in [1.54, 1.807) is 24.3 Å². The molecule has 1 aliphatic heterocycles. The van der Waals surface area contributed by atoms with Gasteiger partial charge >= 0.3 is 0 Å². The molecule has 0 spiro atoms. The number of amides is 1. The predicted octanol–water partition coefficient (Wildman–Crippen LogP) is -0.142. The van der Waals surface area contributed by atoms with Gasteiger partial charge in [-0.05, 0) is 5.56 Å². The molecule has 1 atom stereocenters. The van der Waals surface area contributed by atoms with E-state index in [-0.39, 0.29) is 5.75 Å². The summed E-state index contributed by atoms with van der Waals surface area (Å²) in [5, 5.41) is 1.01. The second-order valence-corrected chi connectivity index (χ2v) is 5.89. The molecule has 0 aliphatic carbocycles. The Morgan fingerprint density at radius 1 is 1.25 bits per heavy atom. The van der Waals surface area contributed by atoms with Gasteiger partial charge in [-0.25, -0.2) is 14.3 Å². The molecule has 86 valence electrons. The van der Waals surface area contributed by atoms with Crippen LogP contribution in [-0.2, 0) is 14.6 Å². The second-order valence-electron chi connectivity index (χ2n) is 3.78. The summed E-state index contributed by atoms with van der Waals surface area (Å²) in [6.45, 7) is 0. The first-order valence-corrected chi connectivity index (χ1v) is 6.64. The third kappa shape index (κ3) is 2.07. The molecule has 1 heterocycles. The van der Waals surface area contributed by atoms with Gasteiger partial charge in [0.1, 0.15) is 5.75 Å². The lowest BCUT2D eigenvalue weighted by molar-refractivity contribution is -0.131. The number of sulfone groups is 1. The number of hydrogen-bond donors (Lipinski definition) is 1. The lowest BCUT2D eigenvalue weighted by Gasteiger charge is -2.31. The minimum atomic E-state index is -3.33. The Morgan fingerprint density at radius 2 is 1.88 bits per heavy atom. The number of nitrogens with zero attached hydrogens (tertiary/aromatic N) is 1. The first-order chi connectivity index (χ1) is 7.49. The van der Waals surface area contributed by atoms with Crippen LogP contribution in [0.5, 0.6) is 0 Å². The van der Waals surface area contributed by atoms with Crippen molar-refractivity contribution in [3.8, 4) is 0 Å². The molecule has 1 aromatic carbocycles. The summed E-state index contributed by atoms with van der Waals surface area (Å²) in [7, 11) is -3.33. The van der Waals surface area contributed by atoms with E-state index in [9.17, 15) is 13.2 Å². The Hall–Kier alpha value is -1.40. The molecule has 0 saturated carbocycles. The summed E-state index contributed by atoms with van der Waals surface area (Å²) < 4.78 is 23.0. The molecule has 5 nitrogen and oxygen atoms in total. The van der Waals surface area contributed by atoms with Gasteiger partial charge < -0.3 is 0 Å². The fourth-order valence-corrected chi connectivity index (χ4v) is 3.23. The monoisotopic (exact) mass is 240 g/mol. The van der Waals surface area contributed by atoms with E-state index in [2.05, 4.69) is 0 Å². The number of benzene rings is 1. The molecule has 2 N–H and O–H groups in total. The van der Waals surface area contributed by atoms with Crippen molar-refractivity contribution in [2.24, 2.45) is 5.84 Å². The molecule has 1 aliphatic rings. The van der Waals surface area contributed by atoms with E-state index in [0.717, 1.165) is 10.6 Å². The van der Waals surface area contributed by atoms with Crippen LogP contribution in [0.2, 0.25) is 0 Å². The Balaban J connectivity index is 2.37. The van der Waals surface area contributed by atoms with Gasteiger partial charge in [0.2, 0.25) is 0 Å². The fourth-order valence-electron chi connectivity index (χ4n) is 1.75. The summed E-state index contributed by atoms with van der Waals surface area (Å²) in [6.07, 6.45) is 0. The van der Waals surface area contributed by atoms with E-state index < -0.39 is 27.5 Å². The van der Waals surface area contributed by atoms with Gasteiger partial charge in [-0.1, -0.05) is 30.3 Å². The normalized spacial score (nSPS) is 24.4. The number of carbonyl (C=O) groups is 1. The molecule has 6 heteroatoms. The molecule has 1 aromatic rings. The maximum atomic E-state index is 11.5. The molecule has 2 rings (SSSR count). The number of nitrogens with two attached hydrogens (primary N) is 1. The fraction of sp³-hybridized carbons (Fsp3) is 0.300. The van der Waals surface area contributed by atoms with Gasteiger partial charge in [0.05, 0.1) is 11.8 Å². The summed E-state index contributed by atoms with van der Waals surface area (Å²) >= 11 is 0. The predicted molar refractivity (Wildman–Crippen MR) is 58.9 cm³/mol. The van der Waals surface area contributed by atoms with Crippen LogP contribution in [0.3, 0.4) is 0 Å². The van der Waals surface area contributed by atoms with Gasteiger partial charge in [-0.3, -0.25) is 9.80 Å². The molecular weight excluding hydrogens is 228 g/mol. The van der Waals surface area contributed by atoms with Crippen molar-refractivity contribution in [3.63, 3.8) is 0 Å². The highest BCUT2D eigenvalue weighted by Crippen LogP contribution is 2.24. The van der Waals surface area contributed by atoms with Crippen LogP contribution in [0.1, 0.15) is 11.6 Å². The quantitative estimate of drug-likeness (QED) is 0.547. The first kappa shape index (κ1) is 11.1. The van der Waals surface area contributed by atoms with E-state index in [1.165, 1.54) is 0 Å². The van der Waals surface area contributed by atoms with Crippen LogP contribution < -0.4 is 5.84 Å². The Morgan fingerprint density at radius 3 is 2.50 bits per heavy atom. The van der Waals surface area contributed by atoms with Crippen molar-refractivity contribution in [1.82, 2.24) is 5.01 Å². The zero-order chi connectivity index (χ0) is 11.8. The first-order valence-electron chi connectivity index (χ1n) is 4.82. The van der Waals surface area contributed by atoms with Crippen molar-refractivity contribution < 1.29 is 13.2 Å².